The fourth-order valence-corrected chi connectivity index (χ4v) is 0.562. The standard InChI is InChI=1S/C9H12N2.C2H6/c1-4-6-9(5-2)7-8-11-10-3;1-2/h4-5,7-8H,1-3,6H2;1-2H3/b9-7-,11-8-;. The highest BCUT2D eigenvalue weighted by molar-refractivity contribution is 5.73. The molecule has 0 fully saturated rings. The molecule has 0 atom stereocenters. The predicted molar refractivity (Wildman–Crippen MR) is 62.5 cm³/mol. The van der Waals surface area contributed by atoms with Crippen LogP contribution in [0.25, 0.3) is 0 Å². The van der Waals surface area contributed by atoms with Crippen LogP contribution in [0, 0.1) is 0 Å². The zero-order valence-electron chi connectivity index (χ0n) is 8.53. The molecule has 0 heterocycles. The molecule has 0 spiro atoms. The van der Waals surface area contributed by atoms with E-state index < -0.39 is 0 Å². The quantitative estimate of drug-likeness (QED) is 0.267. The molecule has 0 aromatic rings. The minimum atomic E-state index is 0.798. The largest absolute Gasteiger partial charge is 0.167 e. The van der Waals surface area contributed by atoms with Gasteiger partial charge < -0.3 is 0 Å². The first kappa shape index (κ1) is 14.1. The lowest BCUT2D eigenvalue weighted by Crippen LogP contribution is -1.75. The Labute approximate surface area is 81.1 Å². The molecule has 2 heteroatoms. The lowest BCUT2D eigenvalue weighted by molar-refractivity contribution is 1.27. The maximum absolute atomic E-state index is 3.63. The number of hydrogen-bond donors (Lipinski definition) is 0. The zero-order chi connectivity index (χ0) is 10.5. The average Bonchev–Trinajstić information content (AvgIpc) is 2.20. The highest BCUT2D eigenvalue weighted by Crippen LogP contribution is 2.00. The van der Waals surface area contributed by atoms with Gasteiger partial charge in [-0.3, -0.25) is 0 Å². The molecule has 0 rings (SSSR count). The van der Waals surface area contributed by atoms with E-state index in [0.29, 0.717) is 0 Å². The van der Waals surface area contributed by atoms with E-state index >= 15 is 0 Å². The van der Waals surface area contributed by atoms with Gasteiger partial charge in [0.15, 0.2) is 0 Å². The lowest BCUT2D eigenvalue weighted by atomic mass is 10.2. The second kappa shape index (κ2) is 13.2. The molecule has 0 aromatic heterocycles. The van der Waals surface area contributed by atoms with Gasteiger partial charge in [0.1, 0.15) is 0 Å². The van der Waals surface area contributed by atoms with E-state index in [1.165, 1.54) is 0 Å². The van der Waals surface area contributed by atoms with Crippen LogP contribution in [-0.4, -0.2) is 12.9 Å². The van der Waals surface area contributed by atoms with Crippen molar-refractivity contribution >= 4 is 12.9 Å². The second-order valence-corrected chi connectivity index (χ2v) is 1.84. The summed E-state index contributed by atoms with van der Waals surface area (Å²) in [6.45, 7) is 14.4. The maximum Gasteiger partial charge on any atom is 0.0498 e. The molecule has 0 bridgehead atoms. The molecule has 0 amide bonds. The average molecular weight is 178 g/mol. The molecule has 0 radical (unpaired) electrons. The third kappa shape index (κ3) is 10.6. The van der Waals surface area contributed by atoms with Gasteiger partial charge >= 0.3 is 0 Å². The molecule has 0 aliphatic rings. The summed E-state index contributed by atoms with van der Waals surface area (Å²) in [6, 6.07) is 0. The highest BCUT2D eigenvalue weighted by atomic mass is 15.2. The van der Waals surface area contributed by atoms with E-state index in [0.717, 1.165) is 12.0 Å². The van der Waals surface area contributed by atoms with Crippen LogP contribution in [0.3, 0.4) is 0 Å². The third-order valence-electron chi connectivity index (χ3n) is 1.08. The summed E-state index contributed by atoms with van der Waals surface area (Å²) < 4.78 is 0. The molecule has 0 unspecified atom stereocenters. The van der Waals surface area contributed by atoms with Gasteiger partial charge in [-0.2, -0.15) is 10.2 Å². The van der Waals surface area contributed by atoms with Crippen molar-refractivity contribution in [2.45, 2.75) is 20.3 Å². The van der Waals surface area contributed by atoms with E-state index in [4.69, 9.17) is 0 Å². The van der Waals surface area contributed by atoms with Crippen molar-refractivity contribution in [1.29, 1.82) is 0 Å². The van der Waals surface area contributed by atoms with Gasteiger partial charge in [0, 0.05) is 12.9 Å². The van der Waals surface area contributed by atoms with E-state index in [2.05, 4.69) is 30.1 Å². The summed E-state index contributed by atoms with van der Waals surface area (Å²) >= 11 is 0. The van der Waals surface area contributed by atoms with Crippen LogP contribution in [0.1, 0.15) is 20.3 Å². The van der Waals surface area contributed by atoms with Crippen molar-refractivity contribution in [2.75, 3.05) is 0 Å². The van der Waals surface area contributed by atoms with Gasteiger partial charge in [0.2, 0.25) is 0 Å². The Kier molecular flexibility index (Phi) is 14.3. The number of rotatable bonds is 5. The summed E-state index contributed by atoms with van der Waals surface area (Å²) in [4.78, 5) is 0. The van der Waals surface area contributed by atoms with Crippen molar-refractivity contribution in [1.82, 2.24) is 0 Å². The van der Waals surface area contributed by atoms with Gasteiger partial charge in [-0.25, -0.2) is 0 Å². The third-order valence-corrected chi connectivity index (χ3v) is 1.08. The Morgan fingerprint density at radius 1 is 1.31 bits per heavy atom. The summed E-state index contributed by atoms with van der Waals surface area (Å²) in [5.41, 5.74) is 1.06. The molecule has 0 aliphatic heterocycles. The Hall–Kier alpha value is -1.44. The van der Waals surface area contributed by atoms with Crippen molar-refractivity contribution in [3.8, 4) is 0 Å². The van der Waals surface area contributed by atoms with Gasteiger partial charge in [-0.05, 0) is 18.1 Å². The molecule has 0 saturated carbocycles. The summed E-state index contributed by atoms with van der Waals surface area (Å²) in [5, 5.41) is 6.89. The molecule has 0 saturated heterocycles. The van der Waals surface area contributed by atoms with Crippen LogP contribution in [0.15, 0.2) is 47.2 Å². The number of nitrogens with zero attached hydrogens (tertiary/aromatic N) is 2. The summed E-state index contributed by atoms with van der Waals surface area (Å²) in [5.74, 6) is 0. The lowest BCUT2D eigenvalue weighted by Gasteiger charge is -1.90. The topological polar surface area (TPSA) is 24.7 Å². The Balaban J connectivity index is 0. The molecule has 0 aliphatic carbocycles. The summed E-state index contributed by atoms with van der Waals surface area (Å²) in [7, 11) is 0. The minimum absolute atomic E-state index is 0.798. The van der Waals surface area contributed by atoms with E-state index in [9.17, 15) is 0 Å². The van der Waals surface area contributed by atoms with Gasteiger partial charge in [0.05, 0.1) is 0 Å². The fraction of sp³-hybridized carbons (Fsp3) is 0.273. The normalized spacial score (nSPS) is 10.2. The Morgan fingerprint density at radius 2 is 1.92 bits per heavy atom. The second-order valence-electron chi connectivity index (χ2n) is 1.84. The van der Waals surface area contributed by atoms with Crippen LogP contribution in [0.4, 0.5) is 0 Å². The van der Waals surface area contributed by atoms with Crippen molar-refractivity contribution in [3.05, 3.63) is 37.0 Å². The molecule has 2 nitrogen and oxygen atoms in total. The monoisotopic (exact) mass is 178 g/mol. The molecule has 13 heavy (non-hydrogen) atoms. The van der Waals surface area contributed by atoms with E-state index in [-0.39, 0.29) is 0 Å². The van der Waals surface area contributed by atoms with Crippen LogP contribution in [0.2, 0.25) is 0 Å². The van der Waals surface area contributed by atoms with E-state index in [1.807, 2.05) is 26.0 Å². The van der Waals surface area contributed by atoms with Gasteiger partial charge in [-0.1, -0.05) is 32.6 Å². The number of hydrogen-bond acceptors (Lipinski definition) is 2. The predicted octanol–water partition coefficient (Wildman–Crippen LogP) is 3.39. The Morgan fingerprint density at radius 3 is 2.31 bits per heavy atom. The first-order valence-electron chi connectivity index (χ1n) is 4.26. The van der Waals surface area contributed by atoms with Crippen LogP contribution in [-0.2, 0) is 0 Å². The molecular formula is C11H18N2. The van der Waals surface area contributed by atoms with Crippen LogP contribution < -0.4 is 0 Å². The fourth-order valence-electron chi connectivity index (χ4n) is 0.562. The number of allylic oxidation sites excluding steroid dienone is 4. The molecule has 0 aromatic carbocycles. The van der Waals surface area contributed by atoms with Gasteiger partial charge in [0.25, 0.3) is 0 Å². The first-order chi connectivity index (χ1) is 6.35. The van der Waals surface area contributed by atoms with Crippen LogP contribution >= 0.6 is 0 Å². The minimum Gasteiger partial charge on any atom is -0.167 e. The van der Waals surface area contributed by atoms with Crippen molar-refractivity contribution < 1.29 is 0 Å². The van der Waals surface area contributed by atoms with Crippen molar-refractivity contribution in [2.24, 2.45) is 10.2 Å². The molecule has 0 N–H and O–H groups in total. The first-order valence-corrected chi connectivity index (χ1v) is 4.26. The Bertz CT molecular complexity index is 200. The molecular weight excluding hydrogens is 160 g/mol. The van der Waals surface area contributed by atoms with Gasteiger partial charge in [-0.15, -0.1) is 6.58 Å². The van der Waals surface area contributed by atoms with Crippen LogP contribution in [0.5, 0.6) is 0 Å². The van der Waals surface area contributed by atoms with Crippen molar-refractivity contribution in [3.63, 3.8) is 0 Å². The SMILES string of the molecule is C=CC/C(C=C)=C\C=N/N=C.CC. The molecule has 72 valence electrons. The summed E-state index contributed by atoms with van der Waals surface area (Å²) in [6.07, 6.45) is 7.77. The zero-order valence-corrected chi connectivity index (χ0v) is 8.53. The maximum atomic E-state index is 3.63. The van der Waals surface area contributed by atoms with E-state index in [1.54, 1.807) is 12.3 Å². The highest BCUT2D eigenvalue weighted by Gasteiger charge is 1.83. The smallest absolute Gasteiger partial charge is 0.0498 e.